The number of hydrogen-bond acceptors (Lipinski definition) is 3. The number of hydrogen-bond donors (Lipinski definition) is 1. The molecule has 1 amide bonds. The van der Waals surface area contributed by atoms with Crippen molar-refractivity contribution in [3.63, 3.8) is 0 Å². The molecular weight excluding hydrogens is 252 g/mol. The number of ether oxygens (including phenoxy) is 1. The molecule has 0 saturated heterocycles. The van der Waals surface area contributed by atoms with Crippen LogP contribution in [0.3, 0.4) is 0 Å². The van der Waals surface area contributed by atoms with Crippen molar-refractivity contribution < 1.29 is 9.53 Å². The third-order valence-electron chi connectivity index (χ3n) is 3.18. The molecule has 4 heteroatoms. The van der Waals surface area contributed by atoms with Crippen LogP contribution in [-0.4, -0.2) is 38.6 Å². The maximum absolute atomic E-state index is 11.5. The van der Waals surface area contributed by atoms with Crippen LogP contribution in [-0.2, 0) is 11.3 Å². The van der Waals surface area contributed by atoms with E-state index in [0.717, 1.165) is 29.8 Å². The number of aryl methyl sites for hydroxylation is 2. The quantitative estimate of drug-likeness (QED) is 0.778. The molecule has 1 N–H and O–H groups in total. The summed E-state index contributed by atoms with van der Waals surface area (Å²) in [6, 6.07) is 4.29. The first-order valence-corrected chi connectivity index (χ1v) is 7.03. The molecule has 1 aromatic carbocycles. The largest absolute Gasteiger partial charge is 0.493 e. The van der Waals surface area contributed by atoms with E-state index in [0.29, 0.717) is 13.0 Å². The summed E-state index contributed by atoms with van der Waals surface area (Å²) in [5.41, 5.74) is 3.56. The van der Waals surface area contributed by atoms with Gasteiger partial charge in [0.2, 0.25) is 5.91 Å². The van der Waals surface area contributed by atoms with Gasteiger partial charge in [-0.25, -0.2) is 0 Å². The zero-order valence-corrected chi connectivity index (χ0v) is 13.2. The van der Waals surface area contributed by atoms with Gasteiger partial charge < -0.3 is 15.0 Å². The predicted octanol–water partition coefficient (Wildman–Crippen LogP) is 2.27. The van der Waals surface area contributed by atoms with Crippen LogP contribution in [0.1, 0.15) is 29.5 Å². The van der Waals surface area contributed by atoms with Crippen molar-refractivity contribution in [3.8, 4) is 5.75 Å². The fourth-order valence-electron chi connectivity index (χ4n) is 2.20. The van der Waals surface area contributed by atoms with Gasteiger partial charge in [0.1, 0.15) is 5.75 Å². The highest BCUT2D eigenvalue weighted by Gasteiger charge is 2.08. The van der Waals surface area contributed by atoms with Gasteiger partial charge >= 0.3 is 0 Å². The molecule has 0 bridgehead atoms. The third-order valence-corrected chi connectivity index (χ3v) is 3.18. The number of nitrogens with one attached hydrogen (secondary N) is 1. The molecule has 1 aromatic rings. The molecule has 0 aliphatic rings. The number of amides is 1. The summed E-state index contributed by atoms with van der Waals surface area (Å²) >= 11 is 0. The van der Waals surface area contributed by atoms with Crippen molar-refractivity contribution >= 4 is 5.91 Å². The summed E-state index contributed by atoms with van der Waals surface area (Å²) in [6.07, 6.45) is 1.27. The van der Waals surface area contributed by atoms with E-state index in [-0.39, 0.29) is 5.91 Å². The monoisotopic (exact) mass is 278 g/mol. The van der Waals surface area contributed by atoms with E-state index in [2.05, 4.69) is 31.3 Å². The van der Waals surface area contributed by atoms with Crippen molar-refractivity contribution in [1.82, 2.24) is 10.2 Å². The molecule has 0 aromatic heterocycles. The summed E-state index contributed by atoms with van der Waals surface area (Å²) < 4.78 is 5.84. The summed E-state index contributed by atoms with van der Waals surface area (Å²) in [7, 11) is 5.49. The SMILES string of the molecule is CNCc1cc(C)c(OCCCC(=O)N(C)C)c(C)c1. The lowest BCUT2D eigenvalue weighted by atomic mass is 10.1. The molecular formula is C16H26N2O2. The van der Waals surface area contributed by atoms with Crippen LogP contribution in [0, 0.1) is 13.8 Å². The molecule has 0 aliphatic carbocycles. The van der Waals surface area contributed by atoms with Crippen molar-refractivity contribution in [3.05, 3.63) is 28.8 Å². The standard InChI is InChI=1S/C16H26N2O2/c1-12-9-14(11-17-3)10-13(2)16(12)20-8-6-7-15(19)18(4)5/h9-10,17H,6-8,11H2,1-5H3. The molecule has 0 fully saturated rings. The Morgan fingerprint density at radius 1 is 1.25 bits per heavy atom. The van der Waals surface area contributed by atoms with E-state index in [1.54, 1.807) is 19.0 Å². The normalized spacial score (nSPS) is 10.4. The lowest BCUT2D eigenvalue weighted by molar-refractivity contribution is -0.128. The van der Waals surface area contributed by atoms with E-state index in [9.17, 15) is 4.79 Å². The Morgan fingerprint density at radius 2 is 1.85 bits per heavy atom. The van der Waals surface area contributed by atoms with Crippen molar-refractivity contribution in [2.24, 2.45) is 0 Å². The second-order valence-electron chi connectivity index (χ2n) is 5.33. The highest BCUT2D eigenvalue weighted by atomic mass is 16.5. The number of carbonyl (C=O) groups excluding carboxylic acids is 1. The van der Waals surface area contributed by atoms with Gasteiger partial charge in [0, 0.05) is 27.1 Å². The Balaban J connectivity index is 2.54. The van der Waals surface area contributed by atoms with Gasteiger partial charge in [-0.15, -0.1) is 0 Å². The summed E-state index contributed by atoms with van der Waals surface area (Å²) in [4.78, 5) is 13.1. The van der Waals surface area contributed by atoms with Crippen LogP contribution in [0.4, 0.5) is 0 Å². The van der Waals surface area contributed by atoms with Crippen LogP contribution in [0.15, 0.2) is 12.1 Å². The fraction of sp³-hybridized carbons (Fsp3) is 0.562. The Morgan fingerprint density at radius 3 is 2.35 bits per heavy atom. The number of carbonyl (C=O) groups is 1. The number of rotatable bonds is 7. The van der Waals surface area contributed by atoms with Crippen LogP contribution in [0.25, 0.3) is 0 Å². The lowest BCUT2D eigenvalue weighted by Crippen LogP contribution is -2.21. The Labute approximate surface area is 122 Å². The second kappa shape index (κ2) is 7.90. The molecule has 1 rings (SSSR count). The Hall–Kier alpha value is -1.55. The molecule has 20 heavy (non-hydrogen) atoms. The van der Waals surface area contributed by atoms with Crippen LogP contribution in [0.5, 0.6) is 5.75 Å². The van der Waals surface area contributed by atoms with Gasteiger partial charge in [-0.1, -0.05) is 12.1 Å². The average Bonchev–Trinajstić information content (AvgIpc) is 2.36. The van der Waals surface area contributed by atoms with Crippen LogP contribution < -0.4 is 10.1 Å². The minimum absolute atomic E-state index is 0.145. The molecule has 0 spiro atoms. The Bertz CT molecular complexity index is 433. The maximum atomic E-state index is 11.5. The van der Waals surface area contributed by atoms with Gasteiger partial charge in [-0.05, 0) is 44.0 Å². The van der Waals surface area contributed by atoms with Gasteiger partial charge in [0.15, 0.2) is 0 Å². The van der Waals surface area contributed by atoms with E-state index < -0.39 is 0 Å². The number of nitrogens with zero attached hydrogens (tertiary/aromatic N) is 1. The predicted molar refractivity (Wildman–Crippen MR) is 82.1 cm³/mol. The third kappa shape index (κ3) is 4.85. The van der Waals surface area contributed by atoms with Crippen LogP contribution >= 0.6 is 0 Å². The van der Waals surface area contributed by atoms with Crippen molar-refractivity contribution in [1.29, 1.82) is 0 Å². The van der Waals surface area contributed by atoms with Gasteiger partial charge in [0.05, 0.1) is 6.61 Å². The van der Waals surface area contributed by atoms with Gasteiger partial charge in [-0.3, -0.25) is 4.79 Å². The number of benzene rings is 1. The van der Waals surface area contributed by atoms with E-state index in [1.165, 1.54) is 5.56 Å². The molecule has 4 nitrogen and oxygen atoms in total. The molecule has 0 unspecified atom stereocenters. The highest BCUT2D eigenvalue weighted by molar-refractivity contribution is 5.75. The Kier molecular flexibility index (Phi) is 6.52. The van der Waals surface area contributed by atoms with E-state index >= 15 is 0 Å². The minimum Gasteiger partial charge on any atom is -0.493 e. The first-order valence-electron chi connectivity index (χ1n) is 7.03. The average molecular weight is 278 g/mol. The smallest absolute Gasteiger partial charge is 0.222 e. The van der Waals surface area contributed by atoms with Crippen molar-refractivity contribution in [2.45, 2.75) is 33.2 Å². The van der Waals surface area contributed by atoms with Gasteiger partial charge in [0.25, 0.3) is 0 Å². The van der Waals surface area contributed by atoms with Crippen LogP contribution in [0.2, 0.25) is 0 Å². The summed E-state index contributed by atoms with van der Waals surface area (Å²) in [6.45, 7) is 5.56. The molecule has 112 valence electrons. The molecule has 0 radical (unpaired) electrons. The highest BCUT2D eigenvalue weighted by Crippen LogP contribution is 2.25. The minimum atomic E-state index is 0.145. The molecule has 0 aliphatic heterocycles. The first kappa shape index (κ1) is 16.5. The summed E-state index contributed by atoms with van der Waals surface area (Å²) in [5.74, 6) is 1.09. The maximum Gasteiger partial charge on any atom is 0.222 e. The zero-order valence-electron chi connectivity index (χ0n) is 13.2. The molecule has 0 heterocycles. The summed E-state index contributed by atoms with van der Waals surface area (Å²) in [5, 5.41) is 3.15. The second-order valence-corrected chi connectivity index (χ2v) is 5.33. The van der Waals surface area contributed by atoms with Gasteiger partial charge in [-0.2, -0.15) is 0 Å². The molecule has 0 atom stereocenters. The van der Waals surface area contributed by atoms with Crippen molar-refractivity contribution in [2.75, 3.05) is 27.7 Å². The zero-order chi connectivity index (χ0) is 15.1. The first-order chi connectivity index (χ1) is 9.45. The molecule has 0 saturated carbocycles. The lowest BCUT2D eigenvalue weighted by Gasteiger charge is -2.15. The topological polar surface area (TPSA) is 41.6 Å². The fourth-order valence-corrected chi connectivity index (χ4v) is 2.20. The van der Waals surface area contributed by atoms with E-state index in [1.807, 2.05) is 7.05 Å². The van der Waals surface area contributed by atoms with E-state index in [4.69, 9.17) is 4.74 Å².